The van der Waals surface area contributed by atoms with Gasteiger partial charge in [0.15, 0.2) is 5.56 Å². The van der Waals surface area contributed by atoms with Crippen LogP contribution >= 0.6 is 11.6 Å². The summed E-state index contributed by atoms with van der Waals surface area (Å²) in [5.74, 6) is 0. The topological polar surface area (TPSA) is 18.5 Å². The van der Waals surface area contributed by atoms with Crippen LogP contribution < -0.4 is 0 Å². The predicted molar refractivity (Wildman–Crippen MR) is 16.7 cm³/mol. The van der Waals surface area contributed by atoms with E-state index in [0.717, 1.165) is 0 Å². The van der Waals surface area contributed by atoms with E-state index in [1.54, 1.807) is 0 Å². The van der Waals surface area contributed by atoms with Crippen LogP contribution in [-0.2, 0) is 9.78 Å². The van der Waals surface area contributed by atoms with E-state index in [1.807, 2.05) is 0 Å². The first-order chi connectivity index (χ1) is 2.39. The molecule has 1 atom stereocenters. The number of hydrogen-bond acceptors (Lipinski definition) is 2. The molecule has 1 saturated heterocycles. The summed E-state index contributed by atoms with van der Waals surface area (Å²) in [7, 11) is 0. The van der Waals surface area contributed by atoms with Crippen molar-refractivity contribution in [1.29, 1.82) is 0 Å². The Morgan fingerprint density at radius 1 is 1.80 bits per heavy atom. The summed E-state index contributed by atoms with van der Waals surface area (Å²) >= 11 is 5.20. The van der Waals surface area contributed by atoms with Crippen LogP contribution in [0.5, 0.6) is 0 Å². The van der Waals surface area contributed by atoms with Crippen LogP contribution in [0.4, 0.5) is 0 Å². The zero-order valence-electron chi connectivity index (χ0n) is 2.48. The van der Waals surface area contributed by atoms with Gasteiger partial charge in [0.2, 0.25) is 0 Å². The standard InChI is InChI=1S/C2H3ClO2/c3-2-1-4-5-2/h2H,1H2. The highest BCUT2D eigenvalue weighted by Crippen LogP contribution is 2.08. The Morgan fingerprint density at radius 3 is 2.20 bits per heavy atom. The second-order valence-electron chi connectivity index (χ2n) is 0.791. The molecule has 0 amide bonds. The van der Waals surface area contributed by atoms with E-state index >= 15 is 0 Å². The maximum Gasteiger partial charge on any atom is 0.192 e. The molecule has 1 unspecified atom stereocenters. The van der Waals surface area contributed by atoms with Gasteiger partial charge in [-0.15, -0.1) is 0 Å². The van der Waals surface area contributed by atoms with Crippen molar-refractivity contribution in [3.8, 4) is 0 Å². The molecule has 0 aliphatic carbocycles. The van der Waals surface area contributed by atoms with E-state index in [9.17, 15) is 0 Å². The Hall–Kier alpha value is 0.210. The molecule has 0 spiro atoms. The minimum atomic E-state index is -0.185. The molecule has 1 aliphatic heterocycles. The highest BCUT2D eigenvalue weighted by molar-refractivity contribution is 6.20. The molecule has 1 heterocycles. The monoisotopic (exact) mass is 94.0 g/mol. The molecule has 0 aromatic rings. The fraction of sp³-hybridized carbons (Fsp3) is 1.00. The smallest absolute Gasteiger partial charge is 0.192 e. The SMILES string of the molecule is ClC1COO1. The van der Waals surface area contributed by atoms with Gasteiger partial charge in [0, 0.05) is 0 Å². The van der Waals surface area contributed by atoms with Crippen LogP contribution in [0.3, 0.4) is 0 Å². The Kier molecular flexibility index (Phi) is 0.765. The first-order valence-corrected chi connectivity index (χ1v) is 1.75. The second kappa shape index (κ2) is 1.12. The van der Waals surface area contributed by atoms with Crippen molar-refractivity contribution in [3.63, 3.8) is 0 Å². The maximum atomic E-state index is 5.20. The van der Waals surface area contributed by atoms with Crippen LogP contribution in [-0.4, -0.2) is 12.2 Å². The normalized spacial score (nSPS) is 36.6. The van der Waals surface area contributed by atoms with E-state index in [4.69, 9.17) is 11.6 Å². The summed E-state index contributed by atoms with van der Waals surface area (Å²) in [4.78, 5) is 8.40. The Labute approximate surface area is 34.6 Å². The number of halogens is 1. The van der Waals surface area contributed by atoms with Crippen LogP contribution in [0.15, 0.2) is 0 Å². The summed E-state index contributed by atoms with van der Waals surface area (Å²) in [6.07, 6.45) is 0. The Balaban J connectivity index is 2.08. The maximum absolute atomic E-state index is 5.20. The van der Waals surface area contributed by atoms with Gasteiger partial charge in [-0.25, -0.2) is 9.78 Å². The third kappa shape index (κ3) is 0.533. The van der Waals surface area contributed by atoms with Crippen LogP contribution in [0.2, 0.25) is 0 Å². The fourth-order valence-corrected chi connectivity index (χ4v) is 0.222. The molecule has 0 bridgehead atoms. The molecular formula is C2H3ClO2. The summed E-state index contributed by atoms with van der Waals surface area (Å²) < 4.78 is 0. The van der Waals surface area contributed by atoms with Crippen LogP contribution in [0, 0.1) is 0 Å². The lowest BCUT2D eigenvalue weighted by Gasteiger charge is -2.16. The van der Waals surface area contributed by atoms with Gasteiger partial charge >= 0.3 is 0 Å². The van der Waals surface area contributed by atoms with Crippen molar-refractivity contribution in [3.05, 3.63) is 0 Å². The molecule has 2 nitrogen and oxygen atoms in total. The van der Waals surface area contributed by atoms with Gasteiger partial charge in [0.1, 0.15) is 6.61 Å². The Bertz CT molecular complexity index is 34.6. The Morgan fingerprint density at radius 2 is 2.20 bits per heavy atom. The summed E-state index contributed by atoms with van der Waals surface area (Å²) in [6.45, 7) is 0.529. The number of alkyl halides is 1. The largest absolute Gasteiger partial charge is 0.231 e. The molecule has 0 saturated carbocycles. The van der Waals surface area contributed by atoms with E-state index < -0.39 is 0 Å². The van der Waals surface area contributed by atoms with E-state index in [1.165, 1.54) is 0 Å². The first-order valence-electron chi connectivity index (χ1n) is 1.32. The van der Waals surface area contributed by atoms with Crippen molar-refractivity contribution >= 4 is 11.6 Å². The average Bonchev–Trinajstić information content (AvgIpc) is 1.30. The van der Waals surface area contributed by atoms with Gasteiger partial charge in [0.05, 0.1) is 0 Å². The highest BCUT2D eigenvalue weighted by Gasteiger charge is 2.14. The molecule has 1 rings (SSSR count). The van der Waals surface area contributed by atoms with Gasteiger partial charge in [-0.05, 0) is 0 Å². The lowest BCUT2D eigenvalue weighted by atomic mass is 10.8. The average molecular weight is 94.5 g/mol. The molecule has 1 aliphatic rings. The lowest BCUT2D eigenvalue weighted by Crippen LogP contribution is -2.24. The van der Waals surface area contributed by atoms with Gasteiger partial charge in [-0.1, -0.05) is 11.6 Å². The number of hydrogen-bond donors (Lipinski definition) is 0. The molecule has 30 valence electrons. The zero-order chi connectivity index (χ0) is 3.70. The van der Waals surface area contributed by atoms with Crippen molar-refractivity contribution in [2.75, 3.05) is 6.61 Å². The summed E-state index contributed by atoms with van der Waals surface area (Å²) in [6, 6.07) is 0. The fourth-order valence-electron chi connectivity index (χ4n) is 0.119. The van der Waals surface area contributed by atoms with Crippen molar-refractivity contribution in [2.24, 2.45) is 0 Å². The first kappa shape index (κ1) is 3.40. The van der Waals surface area contributed by atoms with Gasteiger partial charge in [0.25, 0.3) is 0 Å². The summed E-state index contributed by atoms with van der Waals surface area (Å²) in [5, 5.41) is 0. The predicted octanol–water partition coefficient (Wildman–Crippen LogP) is 0.513. The van der Waals surface area contributed by atoms with Crippen molar-refractivity contribution < 1.29 is 9.78 Å². The van der Waals surface area contributed by atoms with Gasteiger partial charge in [-0.3, -0.25) is 0 Å². The number of rotatable bonds is 0. The molecular weight excluding hydrogens is 91.5 g/mol. The zero-order valence-corrected chi connectivity index (χ0v) is 3.23. The van der Waals surface area contributed by atoms with E-state index in [-0.39, 0.29) is 5.56 Å². The molecule has 0 aromatic heterocycles. The quantitative estimate of drug-likeness (QED) is 0.322. The molecule has 3 heteroatoms. The van der Waals surface area contributed by atoms with Crippen molar-refractivity contribution in [2.45, 2.75) is 5.56 Å². The van der Waals surface area contributed by atoms with Crippen LogP contribution in [0.25, 0.3) is 0 Å². The molecule has 5 heavy (non-hydrogen) atoms. The minimum Gasteiger partial charge on any atom is -0.231 e. The third-order valence-electron chi connectivity index (χ3n) is 0.372. The minimum absolute atomic E-state index is 0.185. The van der Waals surface area contributed by atoms with E-state index in [2.05, 4.69) is 9.78 Å². The van der Waals surface area contributed by atoms with Crippen LogP contribution in [0.1, 0.15) is 0 Å². The van der Waals surface area contributed by atoms with E-state index in [0.29, 0.717) is 6.61 Å². The molecule has 0 aromatic carbocycles. The van der Waals surface area contributed by atoms with Gasteiger partial charge in [-0.2, -0.15) is 0 Å². The molecule has 1 fully saturated rings. The second-order valence-corrected chi connectivity index (χ2v) is 1.28. The summed E-state index contributed by atoms with van der Waals surface area (Å²) in [5.41, 5.74) is -0.185. The highest BCUT2D eigenvalue weighted by atomic mass is 35.5. The third-order valence-corrected chi connectivity index (χ3v) is 0.570. The van der Waals surface area contributed by atoms with Crippen molar-refractivity contribution in [1.82, 2.24) is 0 Å². The molecule has 0 N–H and O–H groups in total. The lowest BCUT2D eigenvalue weighted by molar-refractivity contribution is -0.400. The molecule has 0 radical (unpaired) electrons. The van der Waals surface area contributed by atoms with Gasteiger partial charge < -0.3 is 0 Å².